The fourth-order valence-corrected chi connectivity index (χ4v) is 4.85. The van der Waals surface area contributed by atoms with E-state index in [0.29, 0.717) is 29.3 Å². The van der Waals surface area contributed by atoms with Gasteiger partial charge < -0.3 is 19.4 Å². The summed E-state index contributed by atoms with van der Waals surface area (Å²) in [6, 6.07) is 16.5. The predicted molar refractivity (Wildman–Crippen MR) is 135 cm³/mol. The van der Waals surface area contributed by atoms with Crippen LogP contribution in [0.1, 0.15) is 40.4 Å². The van der Waals surface area contributed by atoms with E-state index < -0.39 is 0 Å². The van der Waals surface area contributed by atoms with Gasteiger partial charge in [-0.25, -0.2) is 9.97 Å². The third-order valence-electron chi connectivity index (χ3n) is 6.12. The molecule has 2 fully saturated rings. The van der Waals surface area contributed by atoms with Crippen molar-refractivity contribution in [2.75, 3.05) is 38.2 Å². The Morgan fingerprint density at radius 3 is 2.66 bits per heavy atom. The number of carbonyl (C=O) groups is 1. The summed E-state index contributed by atoms with van der Waals surface area (Å²) in [5, 5.41) is 3.63. The van der Waals surface area contributed by atoms with Crippen LogP contribution in [0, 0.1) is 0 Å². The Hall–Kier alpha value is -2.88. The number of aromatic nitrogens is 2. The zero-order chi connectivity index (χ0) is 24.0. The van der Waals surface area contributed by atoms with Crippen LogP contribution < -0.4 is 10.2 Å². The highest BCUT2D eigenvalue weighted by atomic mass is 32.2. The molecule has 0 radical (unpaired) electrons. The highest BCUT2D eigenvalue weighted by Crippen LogP contribution is 2.26. The quantitative estimate of drug-likeness (QED) is 0.338. The number of amides is 1. The van der Waals surface area contributed by atoms with Gasteiger partial charge in [0.15, 0.2) is 10.9 Å². The minimum Gasteiger partial charge on any atom is -0.455 e. The number of ether oxygens (including phenoxy) is 1. The van der Waals surface area contributed by atoms with Gasteiger partial charge in [0.1, 0.15) is 11.6 Å². The van der Waals surface area contributed by atoms with E-state index in [9.17, 15) is 4.79 Å². The summed E-state index contributed by atoms with van der Waals surface area (Å²) in [5.41, 5.74) is 2.20. The lowest BCUT2D eigenvalue weighted by Gasteiger charge is -2.35. The fourth-order valence-electron chi connectivity index (χ4n) is 4.08. The van der Waals surface area contributed by atoms with Crippen molar-refractivity contribution in [3.05, 3.63) is 71.3 Å². The predicted octanol–water partition coefficient (Wildman–Crippen LogP) is 3.72. The number of piperazine rings is 1. The van der Waals surface area contributed by atoms with Crippen LogP contribution in [0.3, 0.4) is 0 Å². The minimum atomic E-state index is -0.143. The lowest BCUT2D eigenvalue weighted by atomic mass is 10.2. The lowest BCUT2D eigenvalue weighted by Crippen LogP contribution is -2.46. The number of hydrogen-bond acceptors (Lipinski definition) is 8. The third kappa shape index (κ3) is 6.62. The molecule has 1 N–H and O–H groups in total. The summed E-state index contributed by atoms with van der Waals surface area (Å²) in [6.07, 6.45) is 2.10. The van der Waals surface area contributed by atoms with E-state index in [1.165, 1.54) is 17.3 Å². The maximum Gasteiger partial charge on any atom is 0.287 e. The SMILES string of the molecule is COCc1cc(N2CCN(Cc3ccccc3)CC2)nc(SCc2ccc(C(=O)NC3CC3)o2)n1. The van der Waals surface area contributed by atoms with E-state index in [1.54, 1.807) is 13.2 Å². The van der Waals surface area contributed by atoms with Crippen LogP contribution in [0.15, 0.2) is 58.1 Å². The second-order valence-electron chi connectivity index (χ2n) is 8.98. The molecule has 5 rings (SSSR count). The van der Waals surface area contributed by atoms with Crippen molar-refractivity contribution in [3.63, 3.8) is 0 Å². The highest BCUT2D eigenvalue weighted by Gasteiger charge is 2.25. The first-order valence-corrected chi connectivity index (χ1v) is 13.1. The average Bonchev–Trinajstić information content (AvgIpc) is 3.56. The molecular weight excluding hydrogens is 462 g/mol. The van der Waals surface area contributed by atoms with Gasteiger partial charge in [-0.15, -0.1) is 0 Å². The first-order valence-electron chi connectivity index (χ1n) is 12.1. The molecular formula is C26H31N5O3S. The smallest absolute Gasteiger partial charge is 0.287 e. The van der Waals surface area contributed by atoms with Gasteiger partial charge in [0, 0.05) is 51.9 Å². The van der Waals surface area contributed by atoms with E-state index in [0.717, 1.165) is 62.8 Å². The Labute approximate surface area is 210 Å². The largest absolute Gasteiger partial charge is 0.455 e. The topological polar surface area (TPSA) is 83.7 Å². The monoisotopic (exact) mass is 493 g/mol. The van der Waals surface area contributed by atoms with Gasteiger partial charge in [0.2, 0.25) is 0 Å². The molecule has 3 heterocycles. The summed E-state index contributed by atoms with van der Waals surface area (Å²) in [5.74, 6) is 2.43. The number of thioether (sulfide) groups is 1. The number of furan rings is 1. The van der Waals surface area contributed by atoms with E-state index in [4.69, 9.17) is 14.1 Å². The molecule has 184 valence electrons. The Morgan fingerprint density at radius 1 is 1.11 bits per heavy atom. The Morgan fingerprint density at radius 2 is 1.91 bits per heavy atom. The molecule has 1 aromatic carbocycles. The average molecular weight is 494 g/mol. The Bertz CT molecular complexity index is 1130. The Balaban J connectivity index is 1.20. The fraction of sp³-hybridized carbons (Fsp3) is 0.423. The summed E-state index contributed by atoms with van der Waals surface area (Å²) in [4.78, 5) is 26.5. The zero-order valence-electron chi connectivity index (χ0n) is 20.0. The molecule has 2 aromatic heterocycles. The number of methoxy groups -OCH3 is 1. The first-order chi connectivity index (χ1) is 17.2. The van der Waals surface area contributed by atoms with Crippen LogP contribution in [-0.4, -0.2) is 60.1 Å². The summed E-state index contributed by atoms with van der Waals surface area (Å²) in [7, 11) is 1.67. The number of carbonyl (C=O) groups excluding carboxylic acids is 1. The molecule has 8 nitrogen and oxygen atoms in total. The van der Waals surface area contributed by atoms with Crippen LogP contribution in [0.4, 0.5) is 5.82 Å². The summed E-state index contributed by atoms with van der Waals surface area (Å²) in [6.45, 7) is 5.20. The van der Waals surface area contributed by atoms with Gasteiger partial charge in [-0.05, 0) is 30.5 Å². The van der Waals surface area contributed by atoms with E-state index in [-0.39, 0.29) is 5.91 Å². The Kier molecular flexibility index (Phi) is 7.66. The molecule has 1 amide bonds. The molecule has 0 unspecified atom stereocenters. The molecule has 1 saturated heterocycles. The zero-order valence-corrected chi connectivity index (χ0v) is 20.8. The molecule has 9 heteroatoms. The van der Waals surface area contributed by atoms with Crippen molar-refractivity contribution < 1.29 is 13.9 Å². The molecule has 1 saturated carbocycles. The lowest BCUT2D eigenvalue weighted by molar-refractivity contribution is 0.0922. The molecule has 1 aliphatic carbocycles. The van der Waals surface area contributed by atoms with Gasteiger partial charge in [0.25, 0.3) is 5.91 Å². The molecule has 35 heavy (non-hydrogen) atoms. The normalized spacial score (nSPS) is 16.4. The molecule has 0 atom stereocenters. The van der Waals surface area contributed by atoms with Crippen molar-refractivity contribution in [2.24, 2.45) is 0 Å². The molecule has 2 aliphatic rings. The number of nitrogens with one attached hydrogen (secondary N) is 1. The number of rotatable bonds is 10. The standard InChI is InChI=1S/C26H31N5O3S/c1-33-17-21-15-24(31-13-11-30(12-14-31)16-19-5-3-2-4-6-19)29-26(28-21)35-18-22-9-10-23(34-22)25(32)27-20-7-8-20/h2-6,9-10,15,20H,7-8,11-14,16-18H2,1H3,(H,27,32). The van der Waals surface area contributed by atoms with Gasteiger partial charge in [-0.1, -0.05) is 42.1 Å². The highest BCUT2D eigenvalue weighted by molar-refractivity contribution is 7.98. The first kappa shape index (κ1) is 23.8. The second-order valence-corrected chi connectivity index (χ2v) is 9.93. The van der Waals surface area contributed by atoms with Crippen molar-refractivity contribution in [2.45, 2.75) is 42.9 Å². The van der Waals surface area contributed by atoms with Gasteiger partial charge in [-0.3, -0.25) is 9.69 Å². The number of anilines is 1. The molecule has 1 aliphatic heterocycles. The van der Waals surface area contributed by atoms with Crippen molar-refractivity contribution in [1.82, 2.24) is 20.2 Å². The van der Waals surface area contributed by atoms with Crippen LogP contribution in [-0.2, 0) is 23.6 Å². The van der Waals surface area contributed by atoms with E-state index >= 15 is 0 Å². The van der Waals surface area contributed by atoms with Crippen LogP contribution in [0.25, 0.3) is 0 Å². The van der Waals surface area contributed by atoms with E-state index in [1.807, 2.05) is 12.1 Å². The maximum atomic E-state index is 12.2. The molecule has 0 spiro atoms. The van der Waals surface area contributed by atoms with Gasteiger partial charge in [-0.2, -0.15) is 0 Å². The van der Waals surface area contributed by atoms with Gasteiger partial charge >= 0.3 is 0 Å². The number of nitrogens with zero attached hydrogens (tertiary/aromatic N) is 4. The maximum absolute atomic E-state index is 12.2. The number of benzene rings is 1. The van der Waals surface area contributed by atoms with Crippen molar-refractivity contribution >= 4 is 23.5 Å². The van der Waals surface area contributed by atoms with E-state index in [2.05, 4.69) is 50.4 Å². The minimum absolute atomic E-state index is 0.143. The second kappa shape index (κ2) is 11.2. The van der Waals surface area contributed by atoms with Crippen LogP contribution in [0.2, 0.25) is 0 Å². The summed E-state index contributed by atoms with van der Waals surface area (Å²) < 4.78 is 11.1. The van der Waals surface area contributed by atoms with Crippen LogP contribution in [0.5, 0.6) is 0 Å². The third-order valence-corrected chi connectivity index (χ3v) is 6.99. The van der Waals surface area contributed by atoms with Crippen molar-refractivity contribution in [3.8, 4) is 0 Å². The number of hydrogen-bond donors (Lipinski definition) is 1. The van der Waals surface area contributed by atoms with Gasteiger partial charge in [0.05, 0.1) is 18.1 Å². The molecule has 3 aromatic rings. The summed E-state index contributed by atoms with van der Waals surface area (Å²) >= 11 is 1.51. The van der Waals surface area contributed by atoms with Crippen LogP contribution >= 0.6 is 11.8 Å². The molecule has 0 bridgehead atoms. The van der Waals surface area contributed by atoms with Crippen molar-refractivity contribution in [1.29, 1.82) is 0 Å².